The van der Waals surface area contributed by atoms with E-state index in [1.165, 1.54) is 18.1 Å². The Hall–Kier alpha value is -2.62. The summed E-state index contributed by atoms with van der Waals surface area (Å²) in [6, 6.07) is 4.73. The van der Waals surface area contributed by atoms with Crippen LogP contribution in [0.3, 0.4) is 0 Å². The number of carbonyl (C=O) groups is 2. The Kier molecular flexibility index (Phi) is 7.53. The number of piperazine rings is 1. The van der Waals surface area contributed by atoms with E-state index in [9.17, 15) is 14.0 Å². The van der Waals surface area contributed by atoms with Gasteiger partial charge in [0, 0.05) is 32.1 Å². The van der Waals surface area contributed by atoms with Crippen LogP contribution in [0.2, 0.25) is 0 Å². The molecule has 10 heteroatoms. The predicted octanol–water partition coefficient (Wildman–Crippen LogP) is 3.00. The van der Waals surface area contributed by atoms with E-state index in [0.29, 0.717) is 50.6 Å². The molecule has 0 radical (unpaired) electrons. The molecular weight excluding hydrogens is 423 g/mol. The summed E-state index contributed by atoms with van der Waals surface area (Å²) < 4.78 is 25.0. The molecule has 2 saturated heterocycles. The summed E-state index contributed by atoms with van der Waals surface area (Å²) in [5.74, 6) is -0.157. The highest BCUT2D eigenvalue weighted by atomic mass is 32.1. The average molecular weight is 453 g/mol. The summed E-state index contributed by atoms with van der Waals surface area (Å²) >= 11 is 5.34. The van der Waals surface area contributed by atoms with Crippen LogP contribution in [0.15, 0.2) is 18.2 Å². The first-order valence-electron chi connectivity index (χ1n) is 10.5. The predicted molar refractivity (Wildman–Crippen MR) is 120 cm³/mol. The zero-order valence-corrected chi connectivity index (χ0v) is 18.9. The quantitative estimate of drug-likeness (QED) is 0.665. The van der Waals surface area contributed by atoms with Crippen molar-refractivity contribution < 1.29 is 23.5 Å². The van der Waals surface area contributed by atoms with Crippen molar-refractivity contribution in [2.24, 2.45) is 5.92 Å². The molecule has 1 aromatic rings. The van der Waals surface area contributed by atoms with Gasteiger partial charge in [-0.3, -0.25) is 4.90 Å². The molecule has 2 aliphatic rings. The monoisotopic (exact) mass is 452 g/mol. The first-order valence-corrected chi connectivity index (χ1v) is 10.9. The Balaban J connectivity index is 1.59. The largest absolute Gasteiger partial charge is 0.453 e. The molecule has 2 atom stereocenters. The molecule has 2 heterocycles. The number of benzene rings is 1. The van der Waals surface area contributed by atoms with E-state index in [1.54, 1.807) is 17.0 Å². The molecule has 0 aliphatic carbocycles. The normalized spacial score (nSPS) is 19.8. The zero-order valence-electron chi connectivity index (χ0n) is 18.1. The highest BCUT2D eigenvalue weighted by Gasteiger charge is 2.33. The number of hydrogen-bond donors (Lipinski definition) is 1. The molecule has 2 fully saturated rings. The van der Waals surface area contributed by atoms with Crippen LogP contribution in [-0.2, 0) is 9.47 Å². The van der Waals surface area contributed by atoms with Gasteiger partial charge in [-0.25, -0.2) is 14.0 Å². The number of nitrogens with one attached hydrogen (secondary N) is 1. The van der Waals surface area contributed by atoms with Gasteiger partial charge in [-0.15, -0.1) is 0 Å². The second-order valence-electron chi connectivity index (χ2n) is 7.75. The molecule has 0 bridgehead atoms. The Morgan fingerprint density at radius 3 is 2.68 bits per heavy atom. The SMILES string of the molecule is CC[C@H](C)C(=S)NCC1CN(c2ccc(N3CCN(C(=O)OC)CC3)c(F)c2)C(=O)O1. The fraction of sp³-hybridized carbons (Fsp3) is 0.571. The van der Waals surface area contributed by atoms with Gasteiger partial charge in [0.2, 0.25) is 0 Å². The highest BCUT2D eigenvalue weighted by Crippen LogP contribution is 2.28. The van der Waals surface area contributed by atoms with Crippen LogP contribution in [0.4, 0.5) is 25.4 Å². The van der Waals surface area contributed by atoms with E-state index >= 15 is 0 Å². The smallest absolute Gasteiger partial charge is 0.414 e. The lowest BCUT2D eigenvalue weighted by molar-refractivity contribution is 0.121. The van der Waals surface area contributed by atoms with Crippen molar-refractivity contribution in [2.75, 3.05) is 56.2 Å². The van der Waals surface area contributed by atoms with E-state index < -0.39 is 11.9 Å². The lowest BCUT2D eigenvalue weighted by Crippen LogP contribution is -2.49. The van der Waals surface area contributed by atoms with Crippen molar-refractivity contribution in [1.82, 2.24) is 10.2 Å². The topological polar surface area (TPSA) is 74.4 Å². The molecule has 1 unspecified atom stereocenters. The van der Waals surface area contributed by atoms with Crippen molar-refractivity contribution in [2.45, 2.75) is 26.4 Å². The number of carbonyl (C=O) groups excluding carboxylic acids is 2. The van der Waals surface area contributed by atoms with E-state index in [-0.39, 0.29) is 18.1 Å². The van der Waals surface area contributed by atoms with E-state index in [1.807, 2.05) is 11.8 Å². The molecule has 8 nitrogen and oxygen atoms in total. The maximum Gasteiger partial charge on any atom is 0.414 e. The Bertz CT molecular complexity index is 832. The van der Waals surface area contributed by atoms with Crippen LogP contribution >= 0.6 is 12.2 Å². The fourth-order valence-electron chi connectivity index (χ4n) is 3.59. The molecule has 170 valence electrons. The number of amides is 2. The van der Waals surface area contributed by atoms with Gasteiger partial charge in [-0.1, -0.05) is 26.1 Å². The number of methoxy groups -OCH3 is 1. The summed E-state index contributed by atoms with van der Waals surface area (Å²) in [6.07, 6.45) is -0.299. The minimum Gasteiger partial charge on any atom is -0.453 e. The third-order valence-corrected chi connectivity index (χ3v) is 6.28. The number of thiocarbonyl (C=S) groups is 1. The van der Waals surface area contributed by atoms with Crippen molar-refractivity contribution in [3.63, 3.8) is 0 Å². The number of nitrogens with zero attached hydrogens (tertiary/aromatic N) is 3. The third-order valence-electron chi connectivity index (χ3n) is 5.73. The second kappa shape index (κ2) is 10.1. The lowest BCUT2D eigenvalue weighted by Gasteiger charge is -2.35. The summed E-state index contributed by atoms with van der Waals surface area (Å²) in [5.41, 5.74) is 0.893. The van der Waals surface area contributed by atoms with Gasteiger partial charge in [0.15, 0.2) is 0 Å². The minimum absolute atomic E-state index is 0.263. The summed E-state index contributed by atoms with van der Waals surface area (Å²) in [7, 11) is 1.34. The third kappa shape index (κ3) is 5.36. The lowest BCUT2D eigenvalue weighted by atomic mass is 10.1. The van der Waals surface area contributed by atoms with Crippen LogP contribution < -0.4 is 15.1 Å². The fourth-order valence-corrected chi connectivity index (χ4v) is 3.84. The van der Waals surface area contributed by atoms with Crippen molar-refractivity contribution >= 4 is 40.8 Å². The molecule has 1 N–H and O–H groups in total. The van der Waals surface area contributed by atoms with Crippen LogP contribution in [0.1, 0.15) is 20.3 Å². The van der Waals surface area contributed by atoms with Crippen LogP contribution in [0.5, 0.6) is 0 Å². The van der Waals surface area contributed by atoms with E-state index in [4.69, 9.17) is 21.7 Å². The van der Waals surface area contributed by atoms with Gasteiger partial charge in [0.1, 0.15) is 11.9 Å². The molecule has 31 heavy (non-hydrogen) atoms. The highest BCUT2D eigenvalue weighted by molar-refractivity contribution is 7.80. The van der Waals surface area contributed by atoms with Gasteiger partial charge in [-0.05, 0) is 24.6 Å². The average Bonchev–Trinajstić information content (AvgIpc) is 3.16. The van der Waals surface area contributed by atoms with Gasteiger partial charge in [-0.2, -0.15) is 0 Å². The Morgan fingerprint density at radius 1 is 1.35 bits per heavy atom. The Labute approximate surface area is 187 Å². The molecular formula is C21H29FN4O4S. The Morgan fingerprint density at radius 2 is 2.06 bits per heavy atom. The van der Waals surface area contributed by atoms with Crippen LogP contribution in [-0.4, -0.2) is 74.6 Å². The van der Waals surface area contributed by atoms with E-state index in [0.717, 1.165) is 11.4 Å². The maximum absolute atomic E-state index is 14.9. The van der Waals surface area contributed by atoms with Gasteiger partial charge in [0.05, 0.1) is 36.6 Å². The first-order chi connectivity index (χ1) is 14.8. The maximum atomic E-state index is 14.9. The number of anilines is 2. The van der Waals surface area contributed by atoms with Gasteiger partial charge < -0.3 is 24.6 Å². The van der Waals surface area contributed by atoms with Crippen LogP contribution in [0, 0.1) is 11.7 Å². The standard InChI is InChI=1S/C21H29FN4O4S/c1-4-14(2)19(31)23-12-16-13-26(21(28)30-16)15-5-6-18(17(22)11-15)24-7-9-25(10-8-24)20(27)29-3/h5-6,11,14,16H,4,7-10,12-13H2,1-3H3,(H,23,31)/t14-,16?/m0/s1. The molecule has 0 aromatic heterocycles. The summed E-state index contributed by atoms with van der Waals surface area (Å²) in [5, 5.41) is 3.16. The van der Waals surface area contributed by atoms with Gasteiger partial charge in [0.25, 0.3) is 0 Å². The number of ether oxygens (including phenoxy) is 2. The van der Waals surface area contributed by atoms with Gasteiger partial charge >= 0.3 is 12.2 Å². The van der Waals surface area contributed by atoms with E-state index in [2.05, 4.69) is 12.2 Å². The first kappa shape index (κ1) is 23.1. The molecule has 1 aromatic carbocycles. The number of rotatable bonds is 6. The molecule has 0 spiro atoms. The number of halogens is 1. The van der Waals surface area contributed by atoms with Crippen molar-refractivity contribution in [1.29, 1.82) is 0 Å². The van der Waals surface area contributed by atoms with Crippen LogP contribution in [0.25, 0.3) is 0 Å². The molecule has 2 amide bonds. The number of hydrogen-bond acceptors (Lipinski definition) is 6. The minimum atomic E-state index is -0.500. The molecule has 2 aliphatic heterocycles. The molecule has 0 saturated carbocycles. The molecule has 3 rings (SSSR count). The zero-order chi connectivity index (χ0) is 22.5. The number of cyclic esters (lactones) is 1. The summed E-state index contributed by atoms with van der Waals surface area (Å²) in [4.78, 5) is 29.6. The second-order valence-corrected chi connectivity index (χ2v) is 8.19. The van der Waals surface area contributed by atoms with Crippen molar-refractivity contribution in [3.05, 3.63) is 24.0 Å². The summed E-state index contributed by atoms with van der Waals surface area (Å²) in [6.45, 7) is 6.78. The van der Waals surface area contributed by atoms with Crippen molar-refractivity contribution in [3.8, 4) is 0 Å².